The number of carbonyl (C=O) groups excluding carboxylic acids is 1. The molecule has 1 aliphatic rings. The molecule has 0 amide bonds. The Bertz CT molecular complexity index is 1070. The molecule has 1 fully saturated rings. The minimum atomic E-state index is -0.0703. The zero-order valence-corrected chi connectivity index (χ0v) is 19.1. The average Bonchev–Trinajstić information content (AvgIpc) is 3.12. The van der Waals surface area contributed by atoms with Crippen LogP contribution < -0.4 is 10.5 Å². The van der Waals surface area contributed by atoms with Crippen LogP contribution >= 0.6 is 0 Å². The minimum absolute atomic E-state index is 0.00278. The van der Waals surface area contributed by atoms with Gasteiger partial charge in [-0.2, -0.15) is 0 Å². The fraction of sp³-hybridized carbons (Fsp3) is 0.440. The zero-order chi connectivity index (χ0) is 22.7. The van der Waals surface area contributed by atoms with Crippen molar-refractivity contribution in [1.29, 1.82) is 0 Å². The van der Waals surface area contributed by atoms with Gasteiger partial charge in [0.25, 0.3) is 0 Å². The molecule has 170 valence electrons. The van der Waals surface area contributed by atoms with Gasteiger partial charge in [-0.25, -0.2) is 4.98 Å². The number of imidazole rings is 1. The van der Waals surface area contributed by atoms with E-state index in [2.05, 4.69) is 21.4 Å². The topological polar surface area (TPSA) is 82.1 Å². The first-order valence-corrected chi connectivity index (χ1v) is 11.4. The summed E-state index contributed by atoms with van der Waals surface area (Å²) in [5.74, 6) is 0.774. The van der Waals surface area contributed by atoms with E-state index in [0.29, 0.717) is 12.3 Å². The number of aromatic nitrogens is 2. The molecule has 3 heterocycles. The first kappa shape index (κ1) is 22.1. The molecule has 0 spiro atoms. The molecule has 0 bridgehead atoms. The van der Waals surface area contributed by atoms with Gasteiger partial charge < -0.3 is 19.6 Å². The Kier molecular flexibility index (Phi) is 6.65. The number of hydrogen-bond acceptors (Lipinski definition) is 6. The summed E-state index contributed by atoms with van der Waals surface area (Å²) in [4.78, 5) is 19.4. The molecule has 0 saturated carbocycles. The Labute approximate surface area is 189 Å². The number of piperidine rings is 1. The van der Waals surface area contributed by atoms with Gasteiger partial charge in [0.1, 0.15) is 11.4 Å². The summed E-state index contributed by atoms with van der Waals surface area (Å²) in [6.45, 7) is 8.76. The zero-order valence-electron chi connectivity index (χ0n) is 19.1. The third kappa shape index (κ3) is 4.88. The SMILES string of the molecule is CCOC(=O)C1CCN(Cc2c(-c3ccc(OC(C)C)cc3)nc3ccc(N)cn23)CC1. The first-order valence-electron chi connectivity index (χ1n) is 11.4. The normalized spacial score (nSPS) is 15.4. The van der Waals surface area contributed by atoms with Crippen LogP contribution in [0.5, 0.6) is 5.75 Å². The molecule has 1 saturated heterocycles. The quantitative estimate of drug-likeness (QED) is 0.561. The Hall–Kier alpha value is -3.06. The Morgan fingerprint density at radius 3 is 2.53 bits per heavy atom. The van der Waals surface area contributed by atoms with Crippen molar-refractivity contribution in [1.82, 2.24) is 14.3 Å². The molecule has 3 aromatic rings. The lowest BCUT2D eigenvalue weighted by Crippen LogP contribution is -2.36. The second kappa shape index (κ2) is 9.61. The molecule has 0 radical (unpaired) electrons. The molecule has 32 heavy (non-hydrogen) atoms. The fourth-order valence-electron chi connectivity index (χ4n) is 4.25. The summed E-state index contributed by atoms with van der Waals surface area (Å²) in [6, 6.07) is 11.9. The minimum Gasteiger partial charge on any atom is -0.491 e. The lowest BCUT2D eigenvalue weighted by Gasteiger charge is -2.30. The predicted octanol–water partition coefficient (Wildman–Crippen LogP) is 4.15. The van der Waals surface area contributed by atoms with Crippen molar-refractivity contribution in [2.24, 2.45) is 5.92 Å². The summed E-state index contributed by atoms with van der Waals surface area (Å²) in [5.41, 5.74) is 10.7. The van der Waals surface area contributed by atoms with Crippen LogP contribution in [0.15, 0.2) is 42.6 Å². The Balaban J connectivity index is 1.59. The van der Waals surface area contributed by atoms with Gasteiger partial charge in [-0.1, -0.05) is 0 Å². The number of nitrogen functional groups attached to an aromatic ring is 1. The number of fused-ring (bicyclic) bond motifs is 1. The van der Waals surface area contributed by atoms with Crippen LogP contribution in [0.1, 0.15) is 39.3 Å². The highest BCUT2D eigenvalue weighted by Crippen LogP contribution is 2.29. The third-order valence-corrected chi connectivity index (χ3v) is 5.82. The summed E-state index contributed by atoms with van der Waals surface area (Å²) in [5, 5.41) is 0. The smallest absolute Gasteiger partial charge is 0.309 e. The van der Waals surface area contributed by atoms with Crippen molar-refractivity contribution in [3.8, 4) is 17.0 Å². The average molecular weight is 437 g/mol. The van der Waals surface area contributed by atoms with Crippen molar-refractivity contribution in [3.05, 3.63) is 48.3 Å². The lowest BCUT2D eigenvalue weighted by atomic mass is 9.96. The number of benzene rings is 1. The number of esters is 1. The maximum atomic E-state index is 12.1. The maximum Gasteiger partial charge on any atom is 0.309 e. The molecular weight excluding hydrogens is 404 g/mol. The standard InChI is InChI=1S/C25H32N4O3/c1-4-31-25(30)19-11-13-28(14-12-19)16-22-24(27-23-10-7-20(26)15-29(22)23)18-5-8-21(9-6-18)32-17(2)3/h5-10,15,17,19H,4,11-14,16,26H2,1-3H3. The number of ether oxygens (including phenoxy) is 2. The van der Waals surface area contributed by atoms with E-state index in [9.17, 15) is 4.79 Å². The van der Waals surface area contributed by atoms with Crippen molar-refractivity contribution < 1.29 is 14.3 Å². The molecule has 4 rings (SSSR count). The number of nitrogens with zero attached hydrogens (tertiary/aromatic N) is 3. The van der Waals surface area contributed by atoms with E-state index in [1.165, 1.54) is 0 Å². The highest BCUT2D eigenvalue weighted by Gasteiger charge is 2.27. The van der Waals surface area contributed by atoms with Crippen molar-refractivity contribution >= 4 is 17.3 Å². The second-order valence-electron chi connectivity index (χ2n) is 8.59. The van der Waals surface area contributed by atoms with E-state index in [1.807, 2.05) is 51.2 Å². The van der Waals surface area contributed by atoms with Gasteiger partial charge in [-0.15, -0.1) is 0 Å². The fourth-order valence-corrected chi connectivity index (χ4v) is 4.25. The number of hydrogen-bond donors (Lipinski definition) is 1. The van der Waals surface area contributed by atoms with Crippen LogP contribution in [-0.2, 0) is 16.1 Å². The van der Waals surface area contributed by atoms with Gasteiger partial charge in [-0.3, -0.25) is 9.69 Å². The summed E-state index contributed by atoms with van der Waals surface area (Å²) in [6.07, 6.45) is 3.69. The summed E-state index contributed by atoms with van der Waals surface area (Å²) >= 11 is 0. The van der Waals surface area contributed by atoms with E-state index in [-0.39, 0.29) is 18.0 Å². The van der Waals surface area contributed by atoms with E-state index in [1.54, 1.807) is 0 Å². The van der Waals surface area contributed by atoms with Gasteiger partial charge in [0.2, 0.25) is 0 Å². The van der Waals surface area contributed by atoms with Crippen LogP contribution in [0.3, 0.4) is 0 Å². The molecule has 2 N–H and O–H groups in total. The summed E-state index contributed by atoms with van der Waals surface area (Å²) < 4.78 is 13.1. The molecular formula is C25H32N4O3. The number of rotatable bonds is 7. The van der Waals surface area contributed by atoms with E-state index >= 15 is 0 Å². The molecule has 0 aliphatic carbocycles. The highest BCUT2D eigenvalue weighted by atomic mass is 16.5. The number of anilines is 1. The molecule has 1 aromatic carbocycles. The number of likely N-dealkylation sites (tertiary alicyclic amines) is 1. The van der Waals surface area contributed by atoms with E-state index in [0.717, 1.165) is 60.8 Å². The Morgan fingerprint density at radius 1 is 1.16 bits per heavy atom. The van der Waals surface area contributed by atoms with Crippen LogP contribution in [0.25, 0.3) is 16.9 Å². The second-order valence-corrected chi connectivity index (χ2v) is 8.59. The number of pyridine rings is 1. The van der Waals surface area contributed by atoms with Gasteiger partial charge in [0, 0.05) is 24.0 Å². The molecule has 0 atom stereocenters. The van der Waals surface area contributed by atoms with Crippen LogP contribution in [0.2, 0.25) is 0 Å². The largest absolute Gasteiger partial charge is 0.491 e. The summed E-state index contributed by atoms with van der Waals surface area (Å²) in [7, 11) is 0. The van der Waals surface area contributed by atoms with Gasteiger partial charge >= 0.3 is 5.97 Å². The van der Waals surface area contributed by atoms with Crippen molar-refractivity contribution in [2.75, 3.05) is 25.4 Å². The number of carbonyl (C=O) groups is 1. The first-order chi connectivity index (χ1) is 15.4. The Morgan fingerprint density at radius 2 is 1.88 bits per heavy atom. The van der Waals surface area contributed by atoms with E-state index in [4.69, 9.17) is 20.2 Å². The third-order valence-electron chi connectivity index (χ3n) is 5.82. The molecule has 7 nitrogen and oxygen atoms in total. The van der Waals surface area contributed by atoms with Crippen molar-refractivity contribution in [3.63, 3.8) is 0 Å². The molecule has 2 aromatic heterocycles. The van der Waals surface area contributed by atoms with E-state index < -0.39 is 0 Å². The van der Waals surface area contributed by atoms with Gasteiger partial charge in [-0.05, 0) is 83.1 Å². The highest BCUT2D eigenvalue weighted by molar-refractivity contribution is 5.72. The number of nitrogens with two attached hydrogens (primary N) is 1. The predicted molar refractivity (Wildman–Crippen MR) is 125 cm³/mol. The van der Waals surface area contributed by atoms with Crippen LogP contribution in [0.4, 0.5) is 5.69 Å². The van der Waals surface area contributed by atoms with Gasteiger partial charge in [0.15, 0.2) is 0 Å². The monoisotopic (exact) mass is 436 g/mol. The van der Waals surface area contributed by atoms with Crippen molar-refractivity contribution in [2.45, 2.75) is 46.3 Å². The molecule has 0 unspecified atom stereocenters. The van der Waals surface area contributed by atoms with Crippen LogP contribution in [0, 0.1) is 5.92 Å². The lowest BCUT2D eigenvalue weighted by molar-refractivity contribution is -0.149. The van der Waals surface area contributed by atoms with Crippen LogP contribution in [-0.4, -0.2) is 46.1 Å². The molecule has 7 heteroatoms. The maximum absolute atomic E-state index is 12.1. The molecule has 1 aliphatic heterocycles. The van der Waals surface area contributed by atoms with Gasteiger partial charge in [0.05, 0.1) is 30.0 Å².